The van der Waals surface area contributed by atoms with Gasteiger partial charge in [-0.1, -0.05) is 111 Å². The molecular formula is C40H41F2N3O6. The van der Waals surface area contributed by atoms with Crippen LogP contribution in [0, 0.1) is 5.92 Å². The number of carbonyl (C=O) groups is 4. The van der Waals surface area contributed by atoms with Crippen molar-refractivity contribution >= 4 is 23.7 Å². The largest absolute Gasteiger partial charge is 0.489 e. The molecule has 4 aromatic rings. The molecule has 1 aliphatic heterocycles. The highest BCUT2D eigenvalue weighted by molar-refractivity contribution is 6.10. The molecular weight excluding hydrogens is 656 g/mol. The van der Waals surface area contributed by atoms with Gasteiger partial charge in [-0.15, -0.1) is 0 Å². The fraction of sp³-hybridized carbons (Fsp3) is 0.300. The second-order valence-corrected chi connectivity index (χ2v) is 12.8. The van der Waals surface area contributed by atoms with E-state index in [1.807, 2.05) is 48.5 Å². The number of amides is 3. The lowest BCUT2D eigenvalue weighted by Gasteiger charge is -2.32. The van der Waals surface area contributed by atoms with Crippen LogP contribution in [0.3, 0.4) is 0 Å². The molecule has 9 nitrogen and oxygen atoms in total. The lowest BCUT2D eigenvalue weighted by molar-refractivity contribution is -0.168. The van der Waals surface area contributed by atoms with Crippen LogP contribution < -0.4 is 15.4 Å². The predicted molar refractivity (Wildman–Crippen MR) is 187 cm³/mol. The molecule has 0 saturated carbocycles. The lowest BCUT2D eigenvalue weighted by atomic mass is 9.95. The van der Waals surface area contributed by atoms with E-state index in [0.717, 1.165) is 27.2 Å². The van der Waals surface area contributed by atoms with Crippen molar-refractivity contribution in [2.24, 2.45) is 5.92 Å². The van der Waals surface area contributed by atoms with Crippen LogP contribution in [0.1, 0.15) is 41.7 Å². The summed E-state index contributed by atoms with van der Waals surface area (Å²) in [6.45, 7) is 3.51. The SMILES string of the molecule is CC(C)[C@H](NC(=O)OCc1ccccc1)C(=O)NC(Cc1ccc(OCc2ccccc2)cc1)C(=O)C(F)(F)C(=O)N1CCc2ccccc2C1. The Labute approximate surface area is 295 Å². The summed E-state index contributed by atoms with van der Waals surface area (Å²) in [6, 6.07) is 29.1. The smallest absolute Gasteiger partial charge is 0.408 e. The quantitative estimate of drug-likeness (QED) is 0.156. The summed E-state index contributed by atoms with van der Waals surface area (Å²) < 4.78 is 43.0. The minimum atomic E-state index is -4.45. The van der Waals surface area contributed by atoms with Crippen molar-refractivity contribution in [1.82, 2.24) is 15.5 Å². The maximum absolute atomic E-state index is 15.9. The van der Waals surface area contributed by atoms with Crippen molar-refractivity contribution in [3.63, 3.8) is 0 Å². The number of alkyl halides is 2. The van der Waals surface area contributed by atoms with Crippen molar-refractivity contribution in [3.8, 4) is 5.75 Å². The topological polar surface area (TPSA) is 114 Å². The fourth-order valence-corrected chi connectivity index (χ4v) is 5.79. The van der Waals surface area contributed by atoms with Gasteiger partial charge in [-0.3, -0.25) is 14.4 Å². The zero-order chi connectivity index (χ0) is 36.4. The molecule has 0 aromatic heterocycles. The van der Waals surface area contributed by atoms with Gasteiger partial charge in [0.05, 0.1) is 6.04 Å². The number of nitrogens with one attached hydrogen (secondary N) is 2. The van der Waals surface area contributed by atoms with Gasteiger partial charge in [-0.25, -0.2) is 4.79 Å². The molecule has 4 aromatic carbocycles. The number of hydrogen-bond acceptors (Lipinski definition) is 6. The van der Waals surface area contributed by atoms with Crippen LogP contribution in [0.15, 0.2) is 109 Å². The van der Waals surface area contributed by atoms with Crippen molar-refractivity contribution in [2.75, 3.05) is 6.54 Å². The van der Waals surface area contributed by atoms with Crippen LogP contribution in [-0.2, 0) is 51.7 Å². The van der Waals surface area contributed by atoms with Gasteiger partial charge in [-0.05, 0) is 52.3 Å². The highest BCUT2D eigenvalue weighted by Crippen LogP contribution is 2.27. The molecule has 2 N–H and O–H groups in total. The van der Waals surface area contributed by atoms with Gasteiger partial charge in [0.2, 0.25) is 11.7 Å². The zero-order valence-electron chi connectivity index (χ0n) is 28.5. The molecule has 0 aliphatic carbocycles. The van der Waals surface area contributed by atoms with E-state index in [1.165, 1.54) is 0 Å². The van der Waals surface area contributed by atoms with Crippen LogP contribution in [0.5, 0.6) is 5.75 Å². The van der Waals surface area contributed by atoms with Gasteiger partial charge in [0.25, 0.3) is 0 Å². The molecule has 0 saturated heterocycles. The Morgan fingerprint density at radius 3 is 1.96 bits per heavy atom. The summed E-state index contributed by atoms with van der Waals surface area (Å²) in [5.74, 6) is -8.71. The van der Waals surface area contributed by atoms with Gasteiger partial charge in [0, 0.05) is 19.5 Å². The number of ketones is 1. The number of nitrogens with zero attached hydrogens (tertiary/aromatic N) is 1. The third kappa shape index (κ3) is 9.78. The first-order valence-electron chi connectivity index (χ1n) is 16.8. The van der Waals surface area contributed by atoms with Crippen molar-refractivity contribution in [2.45, 2.75) is 64.5 Å². The van der Waals surface area contributed by atoms with Crippen molar-refractivity contribution in [3.05, 3.63) is 137 Å². The summed E-state index contributed by atoms with van der Waals surface area (Å²) in [5, 5.41) is 4.91. The molecule has 266 valence electrons. The van der Waals surface area contributed by atoms with E-state index in [-0.39, 0.29) is 26.1 Å². The molecule has 1 aliphatic rings. The standard InChI is InChI=1S/C40H41F2N3O6/c1-27(2)35(44-39(49)51-26-30-13-7-4-8-14-30)37(47)43-34(23-28-17-19-33(20-18-28)50-25-29-11-5-3-6-12-29)36(46)40(41,42)38(48)45-22-21-31-15-9-10-16-32(31)24-45/h3-20,27,34-35H,21-26H2,1-2H3,(H,43,47)(H,44,49)/t34?,35-/m0/s1. The normalized spacial score (nSPS) is 13.8. The van der Waals surface area contributed by atoms with Crippen LogP contribution in [0.2, 0.25) is 0 Å². The Morgan fingerprint density at radius 2 is 1.33 bits per heavy atom. The highest BCUT2D eigenvalue weighted by atomic mass is 19.3. The molecule has 11 heteroatoms. The average molecular weight is 698 g/mol. The molecule has 5 rings (SSSR count). The van der Waals surface area contributed by atoms with Gasteiger partial charge in [-0.2, -0.15) is 8.78 Å². The second-order valence-electron chi connectivity index (χ2n) is 12.8. The highest BCUT2D eigenvalue weighted by Gasteiger charge is 2.53. The summed E-state index contributed by atoms with van der Waals surface area (Å²) >= 11 is 0. The van der Waals surface area contributed by atoms with Gasteiger partial charge in [0.1, 0.15) is 25.0 Å². The first-order chi connectivity index (χ1) is 24.5. The van der Waals surface area contributed by atoms with Gasteiger partial charge < -0.3 is 25.0 Å². The molecule has 0 spiro atoms. The Morgan fingerprint density at radius 1 is 0.745 bits per heavy atom. The summed E-state index contributed by atoms with van der Waals surface area (Å²) in [7, 11) is 0. The summed E-state index contributed by atoms with van der Waals surface area (Å²) in [6.07, 6.45) is -0.876. The minimum Gasteiger partial charge on any atom is -0.489 e. The fourth-order valence-electron chi connectivity index (χ4n) is 5.79. The monoisotopic (exact) mass is 697 g/mol. The number of carbonyl (C=O) groups excluding carboxylic acids is 4. The lowest BCUT2D eigenvalue weighted by Crippen LogP contribution is -2.59. The number of rotatable bonds is 14. The number of alkyl carbamates (subject to hydrolysis) is 1. The Kier molecular flexibility index (Phi) is 12.2. The molecule has 0 radical (unpaired) electrons. The summed E-state index contributed by atoms with van der Waals surface area (Å²) in [4.78, 5) is 54.2. The number of benzene rings is 4. The molecule has 3 amide bonds. The first kappa shape index (κ1) is 36.7. The molecule has 0 bridgehead atoms. The van der Waals surface area contributed by atoms with Crippen LogP contribution >= 0.6 is 0 Å². The number of halogens is 2. The minimum absolute atomic E-state index is 0.0185. The number of ether oxygens (including phenoxy) is 2. The molecule has 1 heterocycles. The van der Waals surface area contributed by atoms with E-state index >= 15 is 8.78 Å². The van der Waals surface area contributed by atoms with Crippen molar-refractivity contribution < 1.29 is 37.4 Å². The zero-order valence-corrected chi connectivity index (χ0v) is 28.5. The third-order valence-corrected chi connectivity index (χ3v) is 8.68. The van der Waals surface area contributed by atoms with E-state index < -0.39 is 47.6 Å². The maximum Gasteiger partial charge on any atom is 0.408 e. The Bertz CT molecular complexity index is 1800. The number of Topliss-reactive ketones (excluding diaryl/α,β-unsaturated/α-hetero) is 1. The van der Waals surface area contributed by atoms with E-state index in [9.17, 15) is 19.2 Å². The van der Waals surface area contributed by atoms with Crippen LogP contribution in [0.25, 0.3) is 0 Å². The van der Waals surface area contributed by atoms with E-state index in [1.54, 1.807) is 74.5 Å². The Balaban J connectivity index is 1.32. The maximum atomic E-state index is 15.9. The van der Waals surface area contributed by atoms with Crippen molar-refractivity contribution in [1.29, 1.82) is 0 Å². The number of hydrogen-bond donors (Lipinski definition) is 2. The molecule has 1 unspecified atom stereocenters. The third-order valence-electron chi connectivity index (χ3n) is 8.68. The number of fused-ring (bicyclic) bond motifs is 1. The first-order valence-corrected chi connectivity index (χ1v) is 16.8. The van der Waals surface area contributed by atoms with Crippen LogP contribution in [0.4, 0.5) is 13.6 Å². The van der Waals surface area contributed by atoms with E-state index in [2.05, 4.69) is 10.6 Å². The van der Waals surface area contributed by atoms with E-state index in [0.29, 0.717) is 24.3 Å². The predicted octanol–water partition coefficient (Wildman–Crippen LogP) is 6.03. The van der Waals surface area contributed by atoms with Gasteiger partial charge >= 0.3 is 17.9 Å². The Hall–Kier alpha value is -5.58. The summed E-state index contributed by atoms with van der Waals surface area (Å²) in [5.41, 5.74) is 3.80. The molecule has 2 atom stereocenters. The molecule has 0 fully saturated rings. The second kappa shape index (κ2) is 16.9. The van der Waals surface area contributed by atoms with E-state index in [4.69, 9.17) is 9.47 Å². The van der Waals surface area contributed by atoms with Crippen LogP contribution in [-0.4, -0.2) is 53.1 Å². The molecule has 51 heavy (non-hydrogen) atoms. The average Bonchev–Trinajstić information content (AvgIpc) is 3.15. The van der Waals surface area contributed by atoms with Gasteiger partial charge in [0.15, 0.2) is 0 Å².